The van der Waals surface area contributed by atoms with Crippen molar-refractivity contribution in [2.24, 2.45) is 0 Å². The highest BCUT2D eigenvalue weighted by Gasteiger charge is 2.45. The number of ether oxygens (including phenoxy) is 1. The zero-order valence-corrected chi connectivity index (χ0v) is 16.3. The van der Waals surface area contributed by atoms with Crippen LogP contribution in [-0.4, -0.2) is 66.9 Å². The summed E-state index contributed by atoms with van der Waals surface area (Å²) in [5.41, 5.74) is 2.03. The van der Waals surface area contributed by atoms with E-state index in [-0.39, 0.29) is 23.6 Å². The molecule has 0 radical (unpaired) electrons. The minimum Gasteiger partial charge on any atom is -0.487 e. The smallest absolute Gasteiger partial charge is 0.153 e. The Balaban J connectivity index is 1.43. The van der Waals surface area contributed by atoms with Crippen LogP contribution in [0.4, 0.5) is 0 Å². The second kappa shape index (κ2) is 7.58. The summed E-state index contributed by atoms with van der Waals surface area (Å²) in [6.07, 6.45) is 1.76. The first-order chi connectivity index (χ1) is 13.0. The molecule has 0 bridgehead atoms. The highest BCUT2D eigenvalue weighted by molar-refractivity contribution is 7.91. The average molecular weight is 388 g/mol. The molecular weight excluding hydrogens is 362 g/mol. The molecule has 2 aliphatic heterocycles. The lowest BCUT2D eigenvalue weighted by Gasteiger charge is -2.42. The van der Waals surface area contributed by atoms with E-state index in [2.05, 4.69) is 20.9 Å². The SMILES string of the molecule is CN1CCN(Cc2cccc(OCc3ccccn3)c2)C2CS(=O)(=O)CC21. The molecule has 0 saturated carbocycles. The van der Waals surface area contributed by atoms with Crippen LogP contribution < -0.4 is 4.74 Å². The second-order valence-electron chi connectivity index (χ2n) is 7.42. The van der Waals surface area contributed by atoms with Crippen LogP contribution in [0.5, 0.6) is 5.75 Å². The molecule has 0 aliphatic carbocycles. The Kier molecular flexibility index (Phi) is 5.16. The van der Waals surface area contributed by atoms with Gasteiger partial charge in [-0.3, -0.25) is 14.8 Å². The Hall–Kier alpha value is -1.96. The Morgan fingerprint density at radius 3 is 2.78 bits per heavy atom. The van der Waals surface area contributed by atoms with Gasteiger partial charge in [-0.2, -0.15) is 0 Å². The van der Waals surface area contributed by atoms with E-state index in [4.69, 9.17) is 4.74 Å². The molecule has 27 heavy (non-hydrogen) atoms. The maximum atomic E-state index is 12.1. The van der Waals surface area contributed by atoms with Crippen LogP contribution >= 0.6 is 0 Å². The van der Waals surface area contributed by atoms with E-state index >= 15 is 0 Å². The molecule has 6 nitrogen and oxygen atoms in total. The van der Waals surface area contributed by atoms with Crippen molar-refractivity contribution >= 4 is 9.84 Å². The summed E-state index contributed by atoms with van der Waals surface area (Å²) >= 11 is 0. The Bertz CT molecular complexity index is 888. The van der Waals surface area contributed by atoms with E-state index in [0.717, 1.165) is 36.6 Å². The molecule has 0 spiro atoms. The number of rotatable bonds is 5. The van der Waals surface area contributed by atoms with Gasteiger partial charge in [0, 0.05) is 37.9 Å². The van der Waals surface area contributed by atoms with Crippen LogP contribution in [0.3, 0.4) is 0 Å². The van der Waals surface area contributed by atoms with Crippen molar-refractivity contribution in [3.05, 3.63) is 59.9 Å². The number of aromatic nitrogens is 1. The highest BCUT2D eigenvalue weighted by atomic mass is 32.2. The molecule has 0 amide bonds. The third-order valence-corrected chi connectivity index (χ3v) is 7.16. The Morgan fingerprint density at radius 2 is 1.96 bits per heavy atom. The van der Waals surface area contributed by atoms with Gasteiger partial charge in [-0.05, 0) is 36.9 Å². The zero-order valence-electron chi connectivity index (χ0n) is 15.5. The van der Waals surface area contributed by atoms with Crippen LogP contribution in [0.2, 0.25) is 0 Å². The number of piperazine rings is 1. The fourth-order valence-corrected chi connectivity index (χ4v) is 6.09. The summed E-state index contributed by atoms with van der Waals surface area (Å²) in [6.45, 7) is 2.95. The van der Waals surface area contributed by atoms with Gasteiger partial charge in [-0.25, -0.2) is 8.42 Å². The zero-order chi connectivity index (χ0) is 18.9. The fourth-order valence-electron chi connectivity index (χ4n) is 4.00. The molecule has 3 heterocycles. The molecule has 2 fully saturated rings. The summed E-state index contributed by atoms with van der Waals surface area (Å²) in [7, 11) is -0.920. The molecule has 1 aromatic carbocycles. The molecule has 4 rings (SSSR count). The lowest BCUT2D eigenvalue weighted by molar-refractivity contribution is 0.0572. The van der Waals surface area contributed by atoms with Crippen molar-refractivity contribution in [2.45, 2.75) is 25.2 Å². The topological polar surface area (TPSA) is 62.7 Å². The number of hydrogen-bond donors (Lipinski definition) is 0. The largest absolute Gasteiger partial charge is 0.487 e. The van der Waals surface area contributed by atoms with Crippen LogP contribution in [0.1, 0.15) is 11.3 Å². The monoisotopic (exact) mass is 387 g/mol. The molecule has 2 unspecified atom stereocenters. The van der Waals surface area contributed by atoms with Crippen molar-refractivity contribution < 1.29 is 13.2 Å². The van der Waals surface area contributed by atoms with E-state index in [1.54, 1.807) is 6.20 Å². The van der Waals surface area contributed by atoms with Gasteiger partial charge in [-0.1, -0.05) is 18.2 Å². The van der Waals surface area contributed by atoms with E-state index in [0.29, 0.717) is 6.61 Å². The number of pyridine rings is 1. The molecule has 0 N–H and O–H groups in total. The predicted octanol–water partition coefficient (Wildman–Crippen LogP) is 1.57. The van der Waals surface area contributed by atoms with E-state index in [1.165, 1.54) is 0 Å². The van der Waals surface area contributed by atoms with E-state index in [9.17, 15) is 8.42 Å². The average Bonchev–Trinajstić information content (AvgIpc) is 3.00. The summed E-state index contributed by atoms with van der Waals surface area (Å²) < 4.78 is 30.1. The second-order valence-corrected chi connectivity index (χ2v) is 9.57. The maximum Gasteiger partial charge on any atom is 0.153 e. The van der Waals surface area contributed by atoms with Gasteiger partial charge in [-0.15, -0.1) is 0 Å². The third-order valence-electron chi connectivity index (χ3n) is 5.47. The Morgan fingerprint density at radius 1 is 1.11 bits per heavy atom. The minimum atomic E-state index is -2.95. The lowest BCUT2D eigenvalue weighted by atomic mass is 10.0. The minimum absolute atomic E-state index is 0.0758. The van der Waals surface area contributed by atoms with Crippen LogP contribution in [0.25, 0.3) is 0 Å². The molecule has 1 aromatic heterocycles. The van der Waals surface area contributed by atoms with Crippen molar-refractivity contribution in [2.75, 3.05) is 31.6 Å². The van der Waals surface area contributed by atoms with Crippen LogP contribution in [0, 0.1) is 0 Å². The standard InChI is InChI=1S/C20H25N3O3S/c1-22-9-10-23(20-15-27(24,25)14-19(20)22)12-16-5-4-7-18(11-16)26-13-17-6-2-3-8-21-17/h2-8,11,19-20H,9-10,12-15H2,1H3. The summed E-state index contributed by atoms with van der Waals surface area (Å²) in [5, 5.41) is 0. The lowest BCUT2D eigenvalue weighted by Crippen LogP contribution is -2.57. The van der Waals surface area contributed by atoms with Gasteiger partial charge in [0.25, 0.3) is 0 Å². The maximum absolute atomic E-state index is 12.1. The first kappa shape index (κ1) is 18.4. The first-order valence-corrected chi connectivity index (χ1v) is 11.1. The fraction of sp³-hybridized carbons (Fsp3) is 0.450. The normalized spacial score (nSPS) is 25.2. The van der Waals surface area contributed by atoms with Gasteiger partial charge in [0.15, 0.2) is 9.84 Å². The number of nitrogens with zero attached hydrogens (tertiary/aromatic N) is 3. The van der Waals surface area contributed by atoms with Crippen molar-refractivity contribution in [3.8, 4) is 5.75 Å². The van der Waals surface area contributed by atoms with E-state index < -0.39 is 9.84 Å². The number of benzene rings is 1. The molecule has 144 valence electrons. The third kappa shape index (κ3) is 4.31. The van der Waals surface area contributed by atoms with Crippen molar-refractivity contribution in [1.82, 2.24) is 14.8 Å². The Labute approximate surface area is 160 Å². The predicted molar refractivity (Wildman–Crippen MR) is 104 cm³/mol. The molecule has 2 aliphatic rings. The van der Waals surface area contributed by atoms with Gasteiger partial charge < -0.3 is 4.74 Å². The van der Waals surface area contributed by atoms with Crippen LogP contribution in [0.15, 0.2) is 48.7 Å². The van der Waals surface area contributed by atoms with Gasteiger partial charge in [0.05, 0.1) is 17.2 Å². The highest BCUT2D eigenvalue weighted by Crippen LogP contribution is 2.27. The molecule has 7 heteroatoms. The van der Waals surface area contributed by atoms with Gasteiger partial charge in [0.2, 0.25) is 0 Å². The summed E-state index contributed by atoms with van der Waals surface area (Å²) in [5.74, 6) is 1.35. The number of hydrogen-bond acceptors (Lipinski definition) is 6. The summed E-state index contributed by atoms with van der Waals surface area (Å²) in [6, 6.07) is 14.0. The number of sulfone groups is 1. The van der Waals surface area contributed by atoms with Crippen LogP contribution in [-0.2, 0) is 23.0 Å². The molecule has 2 saturated heterocycles. The first-order valence-electron chi connectivity index (χ1n) is 9.26. The van der Waals surface area contributed by atoms with Gasteiger partial charge >= 0.3 is 0 Å². The van der Waals surface area contributed by atoms with Crippen molar-refractivity contribution in [3.63, 3.8) is 0 Å². The van der Waals surface area contributed by atoms with E-state index in [1.807, 2.05) is 43.4 Å². The quantitative estimate of drug-likeness (QED) is 0.776. The number of fused-ring (bicyclic) bond motifs is 1. The summed E-state index contributed by atoms with van der Waals surface area (Å²) in [4.78, 5) is 8.78. The molecule has 2 aromatic rings. The number of likely N-dealkylation sites (N-methyl/N-ethyl adjacent to an activating group) is 1. The van der Waals surface area contributed by atoms with Gasteiger partial charge in [0.1, 0.15) is 12.4 Å². The van der Waals surface area contributed by atoms with Crippen molar-refractivity contribution in [1.29, 1.82) is 0 Å². The molecular formula is C20H25N3O3S. The molecule has 2 atom stereocenters.